The number of carboxylic acid groups (broad SMARTS) is 1. The Labute approximate surface area is 99.9 Å². The van der Waals surface area contributed by atoms with Gasteiger partial charge in [-0.2, -0.15) is 0 Å². The van der Waals surface area contributed by atoms with Gasteiger partial charge in [-0.05, 0) is 17.5 Å². The van der Waals surface area contributed by atoms with Gasteiger partial charge in [-0.15, -0.1) is 0 Å². The minimum Gasteiger partial charge on any atom is -0.481 e. The van der Waals surface area contributed by atoms with Gasteiger partial charge in [-0.1, -0.05) is 24.3 Å². The molecule has 0 spiro atoms. The Hall–Kier alpha value is -1.84. The van der Waals surface area contributed by atoms with Crippen LogP contribution in [-0.4, -0.2) is 27.9 Å². The standard InChI is InChI=1S/C13H15NO3/c1-9(15)14-8-11-5-3-2-4-10(11)6-12(14)7-13(16)17/h2-5,12H,6-8H2,1H3,(H,16,17). The van der Waals surface area contributed by atoms with Gasteiger partial charge in [0.2, 0.25) is 5.91 Å². The highest BCUT2D eigenvalue weighted by atomic mass is 16.4. The molecule has 0 aliphatic carbocycles. The number of carbonyl (C=O) groups is 2. The molecule has 0 aromatic heterocycles. The van der Waals surface area contributed by atoms with Crippen molar-refractivity contribution in [3.05, 3.63) is 35.4 Å². The van der Waals surface area contributed by atoms with E-state index in [0.717, 1.165) is 11.1 Å². The summed E-state index contributed by atoms with van der Waals surface area (Å²) in [6.45, 7) is 2.01. The van der Waals surface area contributed by atoms with Crippen molar-refractivity contribution >= 4 is 11.9 Å². The summed E-state index contributed by atoms with van der Waals surface area (Å²) in [5, 5.41) is 8.88. The van der Waals surface area contributed by atoms with E-state index in [1.165, 1.54) is 6.92 Å². The molecule has 0 saturated carbocycles. The van der Waals surface area contributed by atoms with Crippen LogP contribution in [0.15, 0.2) is 24.3 Å². The molecule has 0 radical (unpaired) electrons. The van der Waals surface area contributed by atoms with Crippen LogP contribution in [-0.2, 0) is 22.6 Å². The summed E-state index contributed by atoms with van der Waals surface area (Å²) in [6.07, 6.45) is 0.635. The highest BCUT2D eigenvalue weighted by Gasteiger charge is 2.29. The normalized spacial score (nSPS) is 18.6. The lowest BCUT2D eigenvalue weighted by Crippen LogP contribution is -2.44. The summed E-state index contributed by atoms with van der Waals surface area (Å²) in [5.41, 5.74) is 2.26. The molecule has 4 nitrogen and oxygen atoms in total. The van der Waals surface area contributed by atoms with Gasteiger partial charge in [-0.3, -0.25) is 9.59 Å². The van der Waals surface area contributed by atoms with Crippen molar-refractivity contribution in [3.63, 3.8) is 0 Å². The molecule has 1 aliphatic rings. The van der Waals surface area contributed by atoms with Crippen LogP contribution < -0.4 is 0 Å². The molecular formula is C13H15NO3. The van der Waals surface area contributed by atoms with E-state index in [9.17, 15) is 9.59 Å². The first kappa shape index (κ1) is 11.6. The molecule has 1 N–H and O–H groups in total. The third kappa shape index (κ3) is 2.46. The SMILES string of the molecule is CC(=O)N1Cc2ccccc2CC1CC(=O)O. The Morgan fingerprint density at radius 1 is 1.35 bits per heavy atom. The molecule has 4 heteroatoms. The zero-order valence-corrected chi connectivity index (χ0v) is 9.72. The summed E-state index contributed by atoms with van der Waals surface area (Å²) < 4.78 is 0. The van der Waals surface area contributed by atoms with Gasteiger partial charge in [0, 0.05) is 19.5 Å². The number of aliphatic carboxylic acids is 1. The van der Waals surface area contributed by atoms with Crippen LogP contribution in [0, 0.1) is 0 Å². The minimum atomic E-state index is -0.861. The summed E-state index contributed by atoms with van der Waals surface area (Å²) in [7, 11) is 0. The van der Waals surface area contributed by atoms with Gasteiger partial charge in [0.05, 0.1) is 6.42 Å². The fourth-order valence-corrected chi connectivity index (χ4v) is 2.34. The van der Waals surface area contributed by atoms with Gasteiger partial charge in [0.25, 0.3) is 0 Å². The molecule has 17 heavy (non-hydrogen) atoms. The highest BCUT2D eigenvalue weighted by molar-refractivity contribution is 5.75. The van der Waals surface area contributed by atoms with Crippen molar-refractivity contribution in [2.45, 2.75) is 32.4 Å². The number of amides is 1. The molecule has 0 saturated heterocycles. The zero-order chi connectivity index (χ0) is 12.4. The zero-order valence-electron chi connectivity index (χ0n) is 9.72. The van der Waals surface area contributed by atoms with Crippen molar-refractivity contribution in [2.24, 2.45) is 0 Å². The number of carbonyl (C=O) groups excluding carboxylic acids is 1. The number of rotatable bonds is 2. The fourth-order valence-electron chi connectivity index (χ4n) is 2.34. The Morgan fingerprint density at radius 2 is 2.00 bits per heavy atom. The maximum Gasteiger partial charge on any atom is 0.305 e. The van der Waals surface area contributed by atoms with Crippen LogP contribution in [0.1, 0.15) is 24.5 Å². The van der Waals surface area contributed by atoms with Crippen LogP contribution in [0.25, 0.3) is 0 Å². The molecule has 1 amide bonds. The first-order chi connectivity index (χ1) is 8.08. The molecule has 0 bridgehead atoms. The van der Waals surface area contributed by atoms with Gasteiger partial charge < -0.3 is 10.0 Å². The molecule has 1 unspecified atom stereocenters. The van der Waals surface area contributed by atoms with E-state index in [1.54, 1.807) is 4.90 Å². The monoisotopic (exact) mass is 233 g/mol. The first-order valence-corrected chi connectivity index (χ1v) is 5.63. The number of carboxylic acids is 1. The minimum absolute atomic E-state index is 0.00785. The van der Waals surface area contributed by atoms with Crippen molar-refractivity contribution in [2.75, 3.05) is 0 Å². The molecule has 0 fully saturated rings. The lowest BCUT2D eigenvalue weighted by atomic mass is 9.92. The third-order valence-corrected chi connectivity index (χ3v) is 3.17. The topological polar surface area (TPSA) is 57.6 Å². The lowest BCUT2D eigenvalue weighted by Gasteiger charge is -2.35. The molecule has 90 valence electrons. The second-order valence-corrected chi connectivity index (χ2v) is 4.37. The average Bonchev–Trinajstić information content (AvgIpc) is 2.27. The van der Waals surface area contributed by atoms with Crippen LogP contribution in [0.4, 0.5) is 0 Å². The Kier molecular flexibility index (Phi) is 3.13. The summed E-state index contributed by atoms with van der Waals surface area (Å²) >= 11 is 0. The summed E-state index contributed by atoms with van der Waals surface area (Å²) in [6, 6.07) is 7.65. The van der Waals surface area contributed by atoms with Gasteiger partial charge in [-0.25, -0.2) is 0 Å². The molecule has 1 aliphatic heterocycles. The Morgan fingerprint density at radius 3 is 2.59 bits per heavy atom. The van der Waals surface area contributed by atoms with E-state index in [0.29, 0.717) is 13.0 Å². The first-order valence-electron chi connectivity index (χ1n) is 5.63. The van der Waals surface area contributed by atoms with Gasteiger partial charge >= 0.3 is 5.97 Å². The molecular weight excluding hydrogens is 218 g/mol. The van der Waals surface area contributed by atoms with Crippen molar-refractivity contribution in [1.82, 2.24) is 4.90 Å². The summed E-state index contributed by atoms with van der Waals surface area (Å²) in [4.78, 5) is 24.0. The Bertz CT molecular complexity index is 456. The second-order valence-electron chi connectivity index (χ2n) is 4.37. The highest BCUT2D eigenvalue weighted by Crippen LogP contribution is 2.24. The number of fused-ring (bicyclic) bond motifs is 1. The number of hydrogen-bond acceptors (Lipinski definition) is 2. The number of nitrogens with zero attached hydrogens (tertiary/aromatic N) is 1. The Balaban J connectivity index is 2.27. The van der Waals surface area contributed by atoms with E-state index in [-0.39, 0.29) is 18.4 Å². The average molecular weight is 233 g/mol. The molecule has 2 rings (SSSR count). The van der Waals surface area contributed by atoms with Crippen molar-refractivity contribution in [1.29, 1.82) is 0 Å². The maximum atomic E-state index is 11.5. The lowest BCUT2D eigenvalue weighted by molar-refractivity contribution is -0.140. The molecule has 1 heterocycles. The smallest absolute Gasteiger partial charge is 0.305 e. The van der Waals surface area contributed by atoms with Crippen LogP contribution in [0.2, 0.25) is 0 Å². The largest absolute Gasteiger partial charge is 0.481 e. The van der Waals surface area contributed by atoms with Crippen molar-refractivity contribution in [3.8, 4) is 0 Å². The van der Waals surface area contributed by atoms with Crippen molar-refractivity contribution < 1.29 is 14.7 Å². The number of hydrogen-bond donors (Lipinski definition) is 1. The van der Waals surface area contributed by atoms with Crippen LogP contribution in [0.3, 0.4) is 0 Å². The molecule has 1 atom stereocenters. The van der Waals surface area contributed by atoms with E-state index >= 15 is 0 Å². The van der Waals surface area contributed by atoms with E-state index in [2.05, 4.69) is 0 Å². The fraction of sp³-hybridized carbons (Fsp3) is 0.385. The quantitative estimate of drug-likeness (QED) is 0.840. The van der Waals surface area contributed by atoms with E-state index < -0.39 is 5.97 Å². The number of benzene rings is 1. The molecule has 1 aromatic rings. The maximum absolute atomic E-state index is 11.5. The van der Waals surface area contributed by atoms with E-state index in [4.69, 9.17) is 5.11 Å². The van der Waals surface area contributed by atoms with Gasteiger partial charge in [0.1, 0.15) is 0 Å². The van der Waals surface area contributed by atoms with Gasteiger partial charge in [0.15, 0.2) is 0 Å². The van der Waals surface area contributed by atoms with Crippen LogP contribution in [0.5, 0.6) is 0 Å². The second kappa shape index (κ2) is 4.57. The third-order valence-electron chi connectivity index (χ3n) is 3.17. The predicted molar refractivity (Wildman–Crippen MR) is 62.4 cm³/mol. The predicted octanol–water partition coefficient (Wildman–Crippen LogP) is 1.43. The molecule has 1 aromatic carbocycles. The van der Waals surface area contributed by atoms with E-state index in [1.807, 2.05) is 24.3 Å². The van der Waals surface area contributed by atoms with Crippen LogP contribution >= 0.6 is 0 Å². The summed E-state index contributed by atoms with van der Waals surface area (Å²) in [5.74, 6) is -0.925.